The van der Waals surface area contributed by atoms with Crippen LogP contribution >= 0.6 is 11.6 Å². The summed E-state index contributed by atoms with van der Waals surface area (Å²) in [6.07, 6.45) is 1.13. The molecule has 10 nitrogen and oxygen atoms in total. The lowest BCUT2D eigenvalue weighted by Crippen LogP contribution is -2.47. The first-order chi connectivity index (χ1) is 18.3. The molecule has 198 valence electrons. The quantitative estimate of drug-likeness (QED) is 0.339. The number of amides is 1. The van der Waals surface area contributed by atoms with Crippen molar-refractivity contribution in [1.29, 1.82) is 0 Å². The van der Waals surface area contributed by atoms with Crippen LogP contribution in [-0.2, 0) is 14.8 Å². The number of aromatic nitrogens is 2. The Kier molecular flexibility index (Phi) is 7.26. The van der Waals surface area contributed by atoms with E-state index in [1.165, 1.54) is 10.4 Å². The van der Waals surface area contributed by atoms with Gasteiger partial charge in [-0.25, -0.2) is 13.4 Å². The van der Waals surface area contributed by atoms with Gasteiger partial charge in [-0.15, -0.1) is 0 Å². The van der Waals surface area contributed by atoms with Crippen molar-refractivity contribution in [3.8, 4) is 22.8 Å². The van der Waals surface area contributed by atoms with Crippen molar-refractivity contribution in [3.63, 3.8) is 0 Å². The fourth-order valence-corrected chi connectivity index (χ4v) is 6.34. The molecule has 1 aliphatic heterocycles. The molecule has 1 aliphatic rings. The van der Waals surface area contributed by atoms with E-state index in [1.54, 1.807) is 25.4 Å². The minimum atomic E-state index is -4.11. The highest BCUT2D eigenvalue weighted by atomic mass is 35.5. The fourth-order valence-electron chi connectivity index (χ4n) is 4.38. The van der Waals surface area contributed by atoms with Gasteiger partial charge in [0.25, 0.3) is 5.91 Å². The first kappa shape index (κ1) is 26.0. The Hall–Kier alpha value is -3.64. The van der Waals surface area contributed by atoms with Crippen LogP contribution in [0.2, 0.25) is 5.02 Å². The highest BCUT2D eigenvalue weighted by molar-refractivity contribution is 7.89. The molecule has 0 radical (unpaired) electrons. The van der Waals surface area contributed by atoms with Gasteiger partial charge in [0, 0.05) is 41.3 Å². The van der Waals surface area contributed by atoms with E-state index in [9.17, 15) is 13.2 Å². The zero-order valence-electron chi connectivity index (χ0n) is 20.4. The molecular weight excluding hydrogens is 532 g/mol. The SMILES string of the molecule is COc1cc(-c2cccc(OCC3CN(S(=O)(=O)c4c(C(N)=O)[nH]c5ccc(Cl)cc45)CCO3)c2)ccn1. The number of rotatable bonds is 8. The Morgan fingerprint density at radius 2 is 2.03 bits per heavy atom. The zero-order chi connectivity index (χ0) is 26.9. The molecule has 1 amide bonds. The Balaban J connectivity index is 1.34. The lowest BCUT2D eigenvalue weighted by atomic mass is 10.1. The number of carbonyl (C=O) groups is 1. The molecule has 3 N–H and O–H groups in total. The van der Waals surface area contributed by atoms with Gasteiger partial charge >= 0.3 is 0 Å². The third-order valence-electron chi connectivity index (χ3n) is 6.21. The van der Waals surface area contributed by atoms with Gasteiger partial charge in [0.05, 0.1) is 13.7 Å². The molecule has 1 saturated heterocycles. The molecule has 3 heterocycles. The van der Waals surface area contributed by atoms with E-state index in [1.807, 2.05) is 36.4 Å². The van der Waals surface area contributed by atoms with Gasteiger partial charge in [-0.2, -0.15) is 4.31 Å². The monoisotopic (exact) mass is 556 g/mol. The molecule has 12 heteroatoms. The maximum atomic E-state index is 13.7. The van der Waals surface area contributed by atoms with Crippen LogP contribution in [-0.4, -0.2) is 68.1 Å². The molecule has 4 aromatic rings. The summed E-state index contributed by atoms with van der Waals surface area (Å²) in [6.45, 7) is 0.440. The van der Waals surface area contributed by atoms with Crippen molar-refractivity contribution in [3.05, 3.63) is 71.5 Å². The van der Waals surface area contributed by atoms with Crippen molar-refractivity contribution < 1.29 is 27.4 Å². The molecule has 0 saturated carbocycles. The number of nitrogens with one attached hydrogen (secondary N) is 1. The second kappa shape index (κ2) is 10.6. The lowest BCUT2D eigenvalue weighted by molar-refractivity contribution is -0.0249. The summed E-state index contributed by atoms with van der Waals surface area (Å²) in [5.41, 5.74) is 7.59. The number of primary amides is 1. The number of nitrogens with zero attached hydrogens (tertiary/aromatic N) is 2. The van der Waals surface area contributed by atoms with Crippen LogP contribution in [0.25, 0.3) is 22.0 Å². The van der Waals surface area contributed by atoms with Gasteiger partial charge < -0.3 is 24.9 Å². The molecule has 1 fully saturated rings. The van der Waals surface area contributed by atoms with Crippen LogP contribution in [0.5, 0.6) is 11.6 Å². The summed E-state index contributed by atoms with van der Waals surface area (Å²) < 4.78 is 45.7. The molecule has 0 spiro atoms. The van der Waals surface area contributed by atoms with Gasteiger partial charge in [0.2, 0.25) is 15.9 Å². The van der Waals surface area contributed by atoms with E-state index in [0.717, 1.165) is 11.1 Å². The summed E-state index contributed by atoms with van der Waals surface area (Å²) in [7, 11) is -2.56. The highest BCUT2D eigenvalue weighted by Crippen LogP contribution is 2.32. The van der Waals surface area contributed by atoms with Gasteiger partial charge in [-0.05, 0) is 47.5 Å². The minimum Gasteiger partial charge on any atom is -0.491 e. The average Bonchev–Trinajstić information content (AvgIpc) is 3.32. The van der Waals surface area contributed by atoms with E-state index in [0.29, 0.717) is 27.6 Å². The number of fused-ring (bicyclic) bond motifs is 1. The van der Waals surface area contributed by atoms with Crippen molar-refractivity contribution >= 4 is 38.4 Å². The highest BCUT2D eigenvalue weighted by Gasteiger charge is 2.36. The molecule has 0 bridgehead atoms. The second-order valence-electron chi connectivity index (χ2n) is 8.66. The standard InChI is InChI=1S/C26H25ClN4O6S/c1-35-23-12-17(7-8-29-23)16-3-2-4-19(11-16)37-15-20-14-31(9-10-36-20)38(33,34)25-21-13-18(27)5-6-22(21)30-24(25)26(28)32/h2-8,11-13,20,30H,9-10,14-15H2,1H3,(H2,28,32). The molecule has 0 aliphatic carbocycles. The van der Waals surface area contributed by atoms with Crippen LogP contribution < -0.4 is 15.2 Å². The lowest BCUT2D eigenvalue weighted by Gasteiger charge is -2.32. The summed E-state index contributed by atoms with van der Waals surface area (Å²) in [5.74, 6) is 0.225. The molecule has 1 atom stereocenters. The number of H-pyrrole nitrogens is 1. The Morgan fingerprint density at radius 1 is 1.21 bits per heavy atom. The normalized spacial score (nSPS) is 16.4. The average molecular weight is 557 g/mol. The van der Waals surface area contributed by atoms with Gasteiger partial charge in [-0.3, -0.25) is 4.79 Å². The Bertz CT molecular complexity index is 1610. The molecule has 1 unspecified atom stereocenters. The molecular formula is C26H25ClN4O6S. The maximum absolute atomic E-state index is 13.7. The Morgan fingerprint density at radius 3 is 2.82 bits per heavy atom. The van der Waals surface area contributed by atoms with Crippen LogP contribution in [0, 0.1) is 0 Å². The van der Waals surface area contributed by atoms with Crippen LogP contribution in [0.15, 0.2) is 65.7 Å². The number of nitrogens with two attached hydrogens (primary N) is 1. The number of carbonyl (C=O) groups excluding carboxylic acids is 1. The first-order valence-corrected chi connectivity index (χ1v) is 13.5. The van der Waals surface area contributed by atoms with Crippen molar-refractivity contribution in [2.45, 2.75) is 11.0 Å². The number of hydrogen-bond acceptors (Lipinski definition) is 7. The fraction of sp³-hybridized carbons (Fsp3) is 0.231. The topological polar surface area (TPSA) is 137 Å². The second-order valence-corrected chi connectivity index (χ2v) is 11.0. The third-order valence-corrected chi connectivity index (χ3v) is 8.39. The smallest absolute Gasteiger partial charge is 0.266 e. The summed E-state index contributed by atoms with van der Waals surface area (Å²) >= 11 is 6.12. The van der Waals surface area contributed by atoms with E-state index in [4.69, 9.17) is 31.5 Å². The van der Waals surface area contributed by atoms with Crippen LogP contribution in [0.1, 0.15) is 10.5 Å². The number of morpholine rings is 1. The largest absolute Gasteiger partial charge is 0.491 e. The van der Waals surface area contributed by atoms with E-state index < -0.39 is 22.0 Å². The summed E-state index contributed by atoms with van der Waals surface area (Å²) in [5, 5.41) is 0.639. The number of ether oxygens (including phenoxy) is 3. The summed E-state index contributed by atoms with van der Waals surface area (Å²) in [4.78, 5) is 18.9. The number of aromatic amines is 1. The number of sulfonamides is 1. The van der Waals surface area contributed by atoms with Crippen molar-refractivity contribution in [2.75, 3.05) is 33.4 Å². The number of methoxy groups -OCH3 is 1. The summed E-state index contributed by atoms with van der Waals surface area (Å²) in [6, 6.07) is 15.9. The van der Waals surface area contributed by atoms with E-state index in [-0.39, 0.29) is 36.9 Å². The van der Waals surface area contributed by atoms with Gasteiger partial charge in [0.15, 0.2) is 0 Å². The zero-order valence-corrected chi connectivity index (χ0v) is 22.0. The first-order valence-electron chi connectivity index (χ1n) is 11.7. The molecule has 2 aromatic carbocycles. The van der Waals surface area contributed by atoms with Crippen molar-refractivity contribution in [2.24, 2.45) is 5.73 Å². The molecule has 5 rings (SSSR count). The van der Waals surface area contributed by atoms with Gasteiger partial charge in [-0.1, -0.05) is 23.7 Å². The van der Waals surface area contributed by atoms with E-state index >= 15 is 0 Å². The third kappa shape index (κ3) is 5.18. The van der Waals surface area contributed by atoms with Crippen molar-refractivity contribution in [1.82, 2.24) is 14.3 Å². The number of hydrogen-bond donors (Lipinski definition) is 2. The molecule has 38 heavy (non-hydrogen) atoms. The molecule has 2 aromatic heterocycles. The Labute approximate surface area is 224 Å². The minimum absolute atomic E-state index is 0.0367. The predicted octanol–water partition coefficient (Wildman–Crippen LogP) is 3.46. The predicted molar refractivity (Wildman–Crippen MR) is 142 cm³/mol. The number of benzene rings is 2. The van der Waals surface area contributed by atoms with Crippen LogP contribution in [0.3, 0.4) is 0 Å². The number of pyridine rings is 1. The maximum Gasteiger partial charge on any atom is 0.266 e. The van der Waals surface area contributed by atoms with Crippen LogP contribution in [0.4, 0.5) is 0 Å². The number of halogens is 1. The van der Waals surface area contributed by atoms with Gasteiger partial charge in [0.1, 0.15) is 29.0 Å². The van der Waals surface area contributed by atoms with E-state index in [2.05, 4.69) is 9.97 Å².